The van der Waals surface area contributed by atoms with Crippen molar-refractivity contribution in [2.24, 2.45) is 0 Å². The Hall–Kier alpha value is -0.780. The van der Waals surface area contributed by atoms with E-state index in [1.54, 1.807) is 12.1 Å². The van der Waals surface area contributed by atoms with Gasteiger partial charge in [-0.15, -0.1) is 13.2 Å². The highest BCUT2D eigenvalue weighted by molar-refractivity contribution is 6.30. The van der Waals surface area contributed by atoms with Gasteiger partial charge in [0, 0.05) is 17.6 Å². The lowest BCUT2D eigenvalue weighted by Crippen LogP contribution is -2.26. The summed E-state index contributed by atoms with van der Waals surface area (Å²) in [7, 11) is 0. The molecule has 0 saturated carbocycles. The topological polar surface area (TPSA) is 21.3 Å². The molecule has 0 aliphatic heterocycles. The second-order valence-corrected chi connectivity index (χ2v) is 3.96. The van der Waals surface area contributed by atoms with Crippen LogP contribution in [-0.4, -0.2) is 19.5 Å². The predicted molar refractivity (Wildman–Crippen MR) is 59.9 cm³/mol. The predicted octanol–water partition coefficient (Wildman–Crippen LogP) is 3.53. The van der Waals surface area contributed by atoms with Crippen molar-refractivity contribution >= 4 is 11.6 Å². The molecule has 0 saturated heterocycles. The maximum Gasteiger partial charge on any atom is 0.522 e. The summed E-state index contributed by atoms with van der Waals surface area (Å²) in [4.78, 5) is 0. The summed E-state index contributed by atoms with van der Waals surface area (Å²) in [6.07, 6.45) is -4.56. The Morgan fingerprint density at radius 2 is 1.88 bits per heavy atom. The summed E-state index contributed by atoms with van der Waals surface area (Å²) in [5.74, 6) is 0. The van der Waals surface area contributed by atoms with Crippen molar-refractivity contribution in [3.63, 3.8) is 0 Å². The molecule has 96 valence electrons. The minimum absolute atomic E-state index is 0.0518. The molecule has 0 bridgehead atoms. The summed E-state index contributed by atoms with van der Waals surface area (Å²) in [6.45, 7) is 1.58. The Morgan fingerprint density at radius 1 is 1.29 bits per heavy atom. The van der Waals surface area contributed by atoms with Gasteiger partial charge in [-0.3, -0.25) is 4.74 Å². The molecule has 6 heteroatoms. The molecule has 1 rings (SSSR count). The lowest BCUT2D eigenvalue weighted by molar-refractivity contribution is -0.323. The molecule has 0 fully saturated rings. The fourth-order valence-corrected chi connectivity index (χ4v) is 1.44. The monoisotopic (exact) mass is 267 g/mol. The third-order valence-electron chi connectivity index (χ3n) is 2.19. The lowest BCUT2D eigenvalue weighted by Gasteiger charge is -2.15. The number of alkyl halides is 3. The van der Waals surface area contributed by atoms with Crippen LogP contribution in [0.5, 0.6) is 0 Å². The Bertz CT molecular complexity index is 340. The van der Waals surface area contributed by atoms with E-state index in [2.05, 4.69) is 10.1 Å². The van der Waals surface area contributed by atoms with E-state index in [-0.39, 0.29) is 12.6 Å². The highest BCUT2D eigenvalue weighted by Gasteiger charge is 2.28. The quantitative estimate of drug-likeness (QED) is 0.824. The van der Waals surface area contributed by atoms with Crippen LogP contribution in [0, 0.1) is 0 Å². The van der Waals surface area contributed by atoms with E-state index in [1.165, 1.54) is 0 Å². The fraction of sp³-hybridized carbons (Fsp3) is 0.455. The molecule has 1 atom stereocenters. The maximum atomic E-state index is 11.7. The van der Waals surface area contributed by atoms with E-state index < -0.39 is 13.0 Å². The van der Waals surface area contributed by atoms with Gasteiger partial charge in [-0.2, -0.15) is 0 Å². The SMILES string of the molecule is C[C@@H](NCCOC(F)(F)F)c1ccc(Cl)cc1. The number of hydrogen-bond acceptors (Lipinski definition) is 2. The molecular formula is C11H13ClF3NO. The van der Waals surface area contributed by atoms with Gasteiger partial charge in [-0.1, -0.05) is 23.7 Å². The molecule has 0 amide bonds. The van der Waals surface area contributed by atoms with Crippen LogP contribution in [-0.2, 0) is 4.74 Å². The molecular weight excluding hydrogens is 255 g/mol. The molecule has 0 aliphatic carbocycles. The van der Waals surface area contributed by atoms with Crippen LogP contribution < -0.4 is 5.32 Å². The molecule has 0 aliphatic rings. The van der Waals surface area contributed by atoms with Crippen molar-refractivity contribution in [3.8, 4) is 0 Å². The van der Waals surface area contributed by atoms with Gasteiger partial charge in [0.1, 0.15) is 0 Å². The fourth-order valence-electron chi connectivity index (χ4n) is 1.31. The third kappa shape index (κ3) is 5.91. The summed E-state index contributed by atoms with van der Waals surface area (Å²) in [6, 6.07) is 7.07. The van der Waals surface area contributed by atoms with Crippen LogP contribution in [0.2, 0.25) is 5.02 Å². The van der Waals surface area contributed by atoms with E-state index >= 15 is 0 Å². The van der Waals surface area contributed by atoms with Crippen molar-refractivity contribution in [2.75, 3.05) is 13.2 Å². The first-order valence-electron chi connectivity index (χ1n) is 5.08. The van der Waals surface area contributed by atoms with Crippen molar-refractivity contribution < 1.29 is 17.9 Å². The van der Waals surface area contributed by atoms with Crippen LogP contribution in [0.4, 0.5) is 13.2 Å². The Balaban J connectivity index is 2.30. The highest BCUT2D eigenvalue weighted by Crippen LogP contribution is 2.17. The zero-order chi connectivity index (χ0) is 12.9. The van der Waals surface area contributed by atoms with E-state index in [0.717, 1.165) is 5.56 Å². The normalized spacial score (nSPS) is 13.7. The lowest BCUT2D eigenvalue weighted by atomic mass is 10.1. The molecule has 0 spiro atoms. The second kappa shape index (κ2) is 6.23. The molecule has 17 heavy (non-hydrogen) atoms. The zero-order valence-corrected chi connectivity index (χ0v) is 9.98. The third-order valence-corrected chi connectivity index (χ3v) is 2.44. The van der Waals surface area contributed by atoms with Crippen molar-refractivity contribution in [1.82, 2.24) is 5.32 Å². The number of benzene rings is 1. The Kier molecular flexibility index (Phi) is 5.24. The first-order chi connectivity index (χ1) is 7.88. The molecule has 0 unspecified atom stereocenters. The van der Waals surface area contributed by atoms with E-state index in [0.29, 0.717) is 5.02 Å². The standard InChI is InChI=1S/C11H13ClF3NO/c1-8(9-2-4-10(12)5-3-9)16-6-7-17-11(13,14)15/h2-5,8,16H,6-7H2,1H3/t8-/m1/s1. The Labute approximate surface area is 103 Å². The van der Waals surface area contributed by atoms with Crippen LogP contribution in [0.3, 0.4) is 0 Å². The first kappa shape index (κ1) is 14.3. The highest BCUT2D eigenvalue weighted by atomic mass is 35.5. The maximum absolute atomic E-state index is 11.7. The number of nitrogens with one attached hydrogen (secondary N) is 1. The average Bonchev–Trinajstić information content (AvgIpc) is 2.24. The van der Waals surface area contributed by atoms with Gasteiger partial charge in [0.2, 0.25) is 0 Å². The molecule has 1 aromatic rings. The summed E-state index contributed by atoms with van der Waals surface area (Å²) < 4.78 is 38.7. The molecule has 1 N–H and O–H groups in total. The number of hydrogen-bond donors (Lipinski definition) is 1. The first-order valence-corrected chi connectivity index (χ1v) is 5.46. The minimum atomic E-state index is -4.56. The summed E-state index contributed by atoms with van der Waals surface area (Å²) >= 11 is 5.73. The van der Waals surface area contributed by atoms with Gasteiger partial charge in [0.05, 0.1) is 6.61 Å². The van der Waals surface area contributed by atoms with E-state index in [9.17, 15) is 13.2 Å². The average molecular weight is 268 g/mol. The number of halogens is 4. The van der Waals surface area contributed by atoms with Crippen molar-refractivity contribution in [3.05, 3.63) is 34.9 Å². The summed E-state index contributed by atoms with van der Waals surface area (Å²) in [5, 5.41) is 3.55. The van der Waals surface area contributed by atoms with E-state index in [1.807, 2.05) is 19.1 Å². The molecule has 0 heterocycles. The van der Waals surface area contributed by atoms with Crippen LogP contribution in [0.25, 0.3) is 0 Å². The van der Waals surface area contributed by atoms with Crippen molar-refractivity contribution in [2.45, 2.75) is 19.3 Å². The smallest absolute Gasteiger partial charge is 0.308 e. The number of ether oxygens (including phenoxy) is 1. The van der Waals surface area contributed by atoms with E-state index in [4.69, 9.17) is 11.6 Å². The van der Waals surface area contributed by atoms with Gasteiger partial charge < -0.3 is 5.32 Å². The largest absolute Gasteiger partial charge is 0.522 e. The van der Waals surface area contributed by atoms with Gasteiger partial charge in [-0.05, 0) is 24.6 Å². The van der Waals surface area contributed by atoms with Crippen LogP contribution in [0.15, 0.2) is 24.3 Å². The molecule has 1 aromatic carbocycles. The van der Waals surface area contributed by atoms with Crippen molar-refractivity contribution in [1.29, 1.82) is 0 Å². The van der Waals surface area contributed by atoms with Gasteiger partial charge >= 0.3 is 6.36 Å². The summed E-state index contributed by atoms with van der Waals surface area (Å²) in [5.41, 5.74) is 0.960. The zero-order valence-electron chi connectivity index (χ0n) is 9.22. The number of rotatable bonds is 5. The van der Waals surface area contributed by atoms with Gasteiger partial charge in [0.25, 0.3) is 0 Å². The van der Waals surface area contributed by atoms with Gasteiger partial charge in [-0.25, -0.2) is 0 Å². The molecule has 2 nitrogen and oxygen atoms in total. The van der Waals surface area contributed by atoms with Crippen LogP contribution in [0.1, 0.15) is 18.5 Å². The Morgan fingerprint density at radius 3 is 2.41 bits per heavy atom. The van der Waals surface area contributed by atoms with Gasteiger partial charge in [0.15, 0.2) is 0 Å². The minimum Gasteiger partial charge on any atom is -0.308 e. The van der Waals surface area contributed by atoms with Crippen LogP contribution >= 0.6 is 11.6 Å². The molecule has 0 aromatic heterocycles. The second-order valence-electron chi connectivity index (χ2n) is 3.52. The molecule has 0 radical (unpaired) electrons.